The number of carboxylic acids is 2. The third-order valence-electron chi connectivity index (χ3n) is 1.95. The number of rotatable bonds is 4. The monoisotopic (exact) mass is 254 g/mol. The molecule has 6 nitrogen and oxygen atoms in total. The van der Waals surface area contributed by atoms with E-state index in [1.165, 1.54) is 5.56 Å². The molecule has 0 radical (unpaired) electrons. The predicted molar refractivity (Wildman–Crippen MR) is 68.4 cm³/mol. The van der Waals surface area contributed by atoms with Crippen LogP contribution in [-0.2, 0) is 16.0 Å². The van der Waals surface area contributed by atoms with Crippen molar-refractivity contribution in [3.63, 3.8) is 0 Å². The highest BCUT2D eigenvalue weighted by atomic mass is 16.4. The average molecular weight is 254 g/mol. The third kappa shape index (κ3) is 7.24. The van der Waals surface area contributed by atoms with Crippen LogP contribution < -0.4 is 10.9 Å². The lowest BCUT2D eigenvalue weighted by atomic mass is 10.2. The zero-order valence-electron chi connectivity index (χ0n) is 10.4. The Morgan fingerprint density at radius 1 is 1.06 bits per heavy atom. The number of hydrogen-bond donors (Lipinski definition) is 4. The second-order valence-corrected chi connectivity index (χ2v) is 3.32. The van der Waals surface area contributed by atoms with Crippen molar-refractivity contribution in [2.24, 2.45) is 0 Å². The number of aliphatic carboxylic acids is 2. The molecule has 0 aromatic heterocycles. The second kappa shape index (κ2) is 9.00. The van der Waals surface area contributed by atoms with Crippen molar-refractivity contribution in [1.82, 2.24) is 5.43 Å². The number of hydrogen-bond acceptors (Lipinski definition) is 4. The molecule has 1 aromatic rings. The predicted octanol–water partition coefficient (Wildman–Crippen LogP) is 1.34. The maximum Gasteiger partial charge on any atom is 0.414 e. The van der Waals surface area contributed by atoms with Crippen LogP contribution in [-0.4, -0.2) is 28.7 Å². The minimum atomic E-state index is -1.82. The summed E-state index contributed by atoms with van der Waals surface area (Å²) in [6.07, 6.45) is 1.10. The highest BCUT2D eigenvalue weighted by Gasteiger charge is 2.04. The number of hydrazine groups is 1. The van der Waals surface area contributed by atoms with Crippen molar-refractivity contribution in [2.75, 3.05) is 12.0 Å². The lowest BCUT2D eigenvalue weighted by Gasteiger charge is -2.06. The summed E-state index contributed by atoms with van der Waals surface area (Å²) in [7, 11) is 0. The third-order valence-corrected chi connectivity index (χ3v) is 1.95. The zero-order valence-corrected chi connectivity index (χ0v) is 10.4. The van der Waals surface area contributed by atoms with Gasteiger partial charge in [-0.1, -0.05) is 26.0 Å². The second-order valence-electron chi connectivity index (χ2n) is 3.32. The van der Waals surface area contributed by atoms with Gasteiger partial charge in [-0.2, -0.15) is 0 Å². The summed E-state index contributed by atoms with van der Waals surface area (Å²) in [4.78, 5) is 18.2. The summed E-state index contributed by atoms with van der Waals surface area (Å²) in [5, 5.41) is 14.8. The Hall–Kier alpha value is -2.08. The molecular formula is C12H18N2O4. The summed E-state index contributed by atoms with van der Waals surface area (Å²) in [6, 6.07) is 8.45. The Kier molecular flexibility index (Phi) is 7.96. The molecule has 0 aliphatic heterocycles. The van der Waals surface area contributed by atoms with Gasteiger partial charge in [-0.3, -0.25) is 0 Å². The standard InChI is InChI=1S/C10H16N2.C2H2O4/c1-3-9-5-7-10(8-6-9)12-11-4-2;3-1(4)2(5)6/h5-8,11-12H,3-4H2,1-2H3;(H,3,4)(H,5,6). The minimum absolute atomic E-state index is 0.926. The molecule has 1 rings (SSSR count). The molecule has 0 saturated heterocycles. The molecule has 0 unspecified atom stereocenters. The van der Waals surface area contributed by atoms with E-state index in [0.29, 0.717) is 0 Å². The van der Waals surface area contributed by atoms with E-state index < -0.39 is 11.9 Å². The first-order chi connectivity index (χ1) is 8.51. The van der Waals surface area contributed by atoms with Crippen LogP contribution >= 0.6 is 0 Å². The lowest BCUT2D eigenvalue weighted by Crippen LogP contribution is -2.20. The lowest BCUT2D eigenvalue weighted by molar-refractivity contribution is -0.159. The van der Waals surface area contributed by atoms with Crippen molar-refractivity contribution >= 4 is 17.6 Å². The fraction of sp³-hybridized carbons (Fsp3) is 0.333. The van der Waals surface area contributed by atoms with E-state index in [1.54, 1.807) is 0 Å². The molecule has 0 saturated carbocycles. The van der Waals surface area contributed by atoms with Crippen LogP contribution in [0.3, 0.4) is 0 Å². The number of nitrogens with one attached hydrogen (secondary N) is 2. The fourth-order valence-corrected chi connectivity index (χ4v) is 1.01. The molecule has 0 amide bonds. The Morgan fingerprint density at radius 2 is 1.56 bits per heavy atom. The van der Waals surface area contributed by atoms with E-state index >= 15 is 0 Å². The normalized spacial score (nSPS) is 9.00. The Bertz CT molecular complexity index is 364. The molecule has 0 fully saturated rings. The van der Waals surface area contributed by atoms with Gasteiger partial charge in [0.05, 0.1) is 0 Å². The van der Waals surface area contributed by atoms with Gasteiger partial charge in [0.1, 0.15) is 0 Å². The smallest absolute Gasteiger partial charge is 0.414 e. The number of carboxylic acid groups (broad SMARTS) is 2. The van der Waals surface area contributed by atoms with E-state index in [-0.39, 0.29) is 0 Å². The van der Waals surface area contributed by atoms with Crippen LogP contribution in [0.15, 0.2) is 24.3 Å². The first kappa shape index (κ1) is 15.9. The molecule has 18 heavy (non-hydrogen) atoms. The van der Waals surface area contributed by atoms with Gasteiger partial charge in [-0.25, -0.2) is 15.0 Å². The first-order valence-corrected chi connectivity index (χ1v) is 5.55. The number of aryl methyl sites for hydroxylation is 1. The molecule has 0 aliphatic rings. The number of benzene rings is 1. The van der Waals surface area contributed by atoms with Crippen molar-refractivity contribution < 1.29 is 19.8 Å². The summed E-state index contributed by atoms with van der Waals surface area (Å²) in [6.45, 7) is 5.15. The molecular weight excluding hydrogens is 236 g/mol. The Labute approximate surface area is 106 Å². The fourth-order valence-electron chi connectivity index (χ4n) is 1.01. The van der Waals surface area contributed by atoms with Gasteiger partial charge in [-0.05, 0) is 24.1 Å². The van der Waals surface area contributed by atoms with Gasteiger partial charge >= 0.3 is 11.9 Å². The minimum Gasteiger partial charge on any atom is -0.473 e. The van der Waals surface area contributed by atoms with Crippen molar-refractivity contribution in [1.29, 1.82) is 0 Å². The molecule has 1 aromatic carbocycles. The zero-order chi connectivity index (χ0) is 14.0. The Balaban J connectivity index is 0.000000411. The van der Waals surface area contributed by atoms with E-state index in [0.717, 1.165) is 18.7 Å². The molecule has 0 aliphatic carbocycles. The van der Waals surface area contributed by atoms with E-state index in [2.05, 4.69) is 49.0 Å². The molecule has 0 atom stereocenters. The van der Waals surface area contributed by atoms with Gasteiger partial charge in [0, 0.05) is 12.2 Å². The van der Waals surface area contributed by atoms with Gasteiger partial charge in [0.2, 0.25) is 0 Å². The molecule has 4 N–H and O–H groups in total. The maximum absolute atomic E-state index is 9.10. The summed E-state index contributed by atoms with van der Waals surface area (Å²) in [5.74, 6) is -3.65. The van der Waals surface area contributed by atoms with Crippen LogP contribution in [0.5, 0.6) is 0 Å². The van der Waals surface area contributed by atoms with Crippen LogP contribution in [0.25, 0.3) is 0 Å². The first-order valence-electron chi connectivity index (χ1n) is 5.55. The summed E-state index contributed by atoms with van der Waals surface area (Å²) in [5.41, 5.74) is 8.64. The molecule has 0 bridgehead atoms. The van der Waals surface area contributed by atoms with Crippen LogP contribution in [0.1, 0.15) is 19.4 Å². The van der Waals surface area contributed by atoms with Gasteiger partial charge < -0.3 is 15.6 Å². The topological polar surface area (TPSA) is 98.7 Å². The average Bonchev–Trinajstić information content (AvgIpc) is 2.37. The van der Waals surface area contributed by atoms with Gasteiger partial charge in [0.25, 0.3) is 0 Å². The molecule has 0 heterocycles. The number of anilines is 1. The summed E-state index contributed by atoms with van der Waals surface area (Å²) < 4.78 is 0. The van der Waals surface area contributed by atoms with Crippen molar-refractivity contribution in [2.45, 2.75) is 20.3 Å². The van der Waals surface area contributed by atoms with E-state index in [1.807, 2.05) is 0 Å². The van der Waals surface area contributed by atoms with Crippen LogP contribution in [0.4, 0.5) is 5.69 Å². The number of carbonyl (C=O) groups is 2. The maximum atomic E-state index is 9.10. The van der Waals surface area contributed by atoms with Gasteiger partial charge in [0.15, 0.2) is 0 Å². The molecule has 6 heteroatoms. The summed E-state index contributed by atoms with van der Waals surface area (Å²) >= 11 is 0. The highest BCUT2D eigenvalue weighted by Crippen LogP contribution is 2.08. The van der Waals surface area contributed by atoms with E-state index in [4.69, 9.17) is 19.8 Å². The van der Waals surface area contributed by atoms with E-state index in [9.17, 15) is 0 Å². The largest absolute Gasteiger partial charge is 0.473 e. The molecule has 0 spiro atoms. The Morgan fingerprint density at radius 3 is 1.89 bits per heavy atom. The van der Waals surface area contributed by atoms with Crippen molar-refractivity contribution in [3.05, 3.63) is 29.8 Å². The quantitative estimate of drug-likeness (QED) is 0.478. The molecule has 100 valence electrons. The van der Waals surface area contributed by atoms with Crippen LogP contribution in [0, 0.1) is 0 Å². The van der Waals surface area contributed by atoms with Crippen molar-refractivity contribution in [3.8, 4) is 0 Å². The highest BCUT2D eigenvalue weighted by molar-refractivity contribution is 6.27. The SMILES string of the molecule is CCNNc1ccc(CC)cc1.O=C(O)C(=O)O. The van der Waals surface area contributed by atoms with Crippen LogP contribution in [0.2, 0.25) is 0 Å². The van der Waals surface area contributed by atoms with Gasteiger partial charge in [-0.15, -0.1) is 0 Å².